The Bertz CT molecular complexity index is 878. The predicted octanol–water partition coefficient (Wildman–Crippen LogP) is 3.49. The summed E-state index contributed by atoms with van der Waals surface area (Å²) in [5.41, 5.74) is -0.332. The number of hydrogen-bond donors (Lipinski definition) is 1. The van der Waals surface area contributed by atoms with E-state index in [2.05, 4.69) is 4.72 Å². The van der Waals surface area contributed by atoms with Crippen molar-refractivity contribution in [1.82, 2.24) is 0 Å². The number of carbonyl (C=O) groups excluding carboxylic acids is 1. The van der Waals surface area contributed by atoms with Crippen LogP contribution in [0.15, 0.2) is 53.4 Å². The van der Waals surface area contributed by atoms with Crippen molar-refractivity contribution in [2.45, 2.75) is 18.0 Å². The van der Waals surface area contributed by atoms with Crippen LogP contribution in [-0.4, -0.2) is 21.4 Å². The lowest BCUT2D eigenvalue weighted by molar-refractivity contribution is -0.137. The van der Waals surface area contributed by atoms with E-state index >= 15 is 0 Å². The van der Waals surface area contributed by atoms with E-state index in [0.29, 0.717) is 11.8 Å². The minimum atomic E-state index is -4.63. The van der Waals surface area contributed by atoms with Gasteiger partial charge in [-0.05, 0) is 42.5 Å². The van der Waals surface area contributed by atoms with Crippen molar-refractivity contribution in [2.24, 2.45) is 0 Å². The lowest BCUT2D eigenvalue weighted by Crippen LogP contribution is -2.22. The fraction of sp³-hybridized carbons (Fsp3) is 0.188. The Morgan fingerprint density at radius 2 is 1.68 bits per heavy atom. The highest BCUT2D eigenvalue weighted by molar-refractivity contribution is 7.92. The van der Waals surface area contributed by atoms with Gasteiger partial charge in [0.2, 0.25) is 5.91 Å². The van der Waals surface area contributed by atoms with Gasteiger partial charge in [-0.25, -0.2) is 8.42 Å². The maximum absolute atomic E-state index is 12.7. The van der Waals surface area contributed by atoms with Crippen LogP contribution in [0.2, 0.25) is 0 Å². The molecule has 25 heavy (non-hydrogen) atoms. The fourth-order valence-electron chi connectivity index (χ4n) is 1.99. The third-order valence-electron chi connectivity index (χ3n) is 3.45. The summed E-state index contributed by atoms with van der Waals surface area (Å²) in [5, 5.41) is 0. The van der Waals surface area contributed by atoms with Crippen molar-refractivity contribution in [3.8, 4) is 0 Å². The van der Waals surface area contributed by atoms with E-state index in [-0.39, 0.29) is 11.6 Å². The molecule has 2 aromatic rings. The maximum atomic E-state index is 12.7. The van der Waals surface area contributed by atoms with Crippen LogP contribution in [-0.2, 0) is 21.0 Å². The molecule has 0 saturated heterocycles. The standard InChI is InChI=1S/C16H15F3N2O3S/c1-11(22)21(2)14-8-6-13(7-9-14)20-25(23,24)15-5-3-4-12(10-15)16(17,18)19/h3-10,20H,1-2H3. The van der Waals surface area contributed by atoms with Crippen LogP contribution in [0.25, 0.3) is 0 Å². The summed E-state index contributed by atoms with van der Waals surface area (Å²) in [7, 11) is -2.62. The van der Waals surface area contributed by atoms with Gasteiger partial charge < -0.3 is 4.90 Å². The summed E-state index contributed by atoms with van der Waals surface area (Å²) in [5.74, 6) is -0.197. The molecule has 0 saturated carbocycles. The van der Waals surface area contributed by atoms with Gasteiger partial charge in [0, 0.05) is 25.3 Å². The molecule has 0 aliphatic heterocycles. The van der Waals surface area contributed by atoms with Gasteiger partial charge in [-0.2, -0.15) is 13.2 Å². The van der Waals surface area contributed by atoms with E-state index in [1.54, 1.807) is 7.05 Å². The number of sulfonamides is 1. The second-order valence-corrected chi connectivity index (χ2v) is 6.94. The Kier molecular flexibility index (Phi) is 5.07. The SMILES string of the molecule is CC(=O)N(C)c1ccc(NS(=O)(=O)c2cccc(C(F)(F)F)c2)cc1. The molecule has 2 rings (SSSR count). The van der Waals surface area contributed by atoms with Crippen LogP contribution in [0.3, 0.4) is 0 Å². The molecular weight excluding hydrogens is 357 g/mol. The van der Waals surface area contributed by atoms with Gasteiger partial charge in [0.1, 0.15) is 0 Å². The summed E-state index contributed by atoms with van der Waals surface area (Å²) in [6.07, 6.45) is -4.63. The average molecular weight is 372 g/mol. The van der Waals surface area contributed by atoms with Crippen molar-refractivity contribution in [3.05, 3.63) is 54.1 Å². The Balaban J connectivity index is 2.26. The molecule has 0 heterocycles. The third kappa shape index (κ3) is 4.50. The number of amides is 1. The van der Waals surface area contributed by atoms with Crippen LogP contribution >= 0.6 is 0 Å². The molecule has 1 N–H and O–H groups in total. The molecule has 0 aliphatic rings. The number of nitrogens with one attached hydrogen (secondary N) is 1. The number of carbonyl (C=O) groups is 1. The number of nitrogens with zero attached hydrogens (tertiary/aromatic N) is 1. The first kappa shape index (κ1) is 18.8. The molecule has 0 aromatic heterocycles. The number of anilines is 2. The van der Waals surface area contributed by atoms with Crippen LogP contribution < -0.4 is 9.62 Å². The molecule has 1 amide bonds. The van der Waals surface area contributed by atoms with E-state index in [4.69, 9.17) is 0 Å². The molecule has 9 heteroatoms. The van der Waals surface area contributed by atoms with Crippen molar-refractivity contribution < 1.29 is 26.4 Å². The van der Waals surface area contributed by atoms with Crippen molar-refractivity contribution >= 4 is 27.3 Å². The number of hydrogen-bond acceptors (Lipinski definition) is 3. The minimum absolute atomic E-state index is 0.165. The summed E-state index contributed by atoms with van der Waals surface area (Å²) in [4.78, 5) is 12.2. The third-order valence-corrected chi connectivity index (χ3v) is 4.83. The van der Waals surface area contributed by atoms with Crippen molar-refractivity contribution in [2.75, 3.05) is 16.7 Å². The first-order valence-corrected chi connectivity index (χ1v) is 8.53. The monoisotopic (exact) mass is 372 g/mol. The lowest BCUT2D eigenvalue weighted by Gasteiger charge is -2.16. The minimum Gasteiger partial charge on any atom is -0.316 e. The van der Waals surface area contributed by atoms with Gasteiger partial charge in [0.25, 0.3) is 10.0 Å². The number of alkyl halides is 3. The fourth-order valence-corrected chi connectivity index (χ4v) is 3.09. The Hall–Kier alpha value is -2.55. The smallest absolute Gasteiger partial charge is 0.316 e. The predicted molar refractivity (Wildman–Crippen MR) is 87.8 cm³/mol. The molecular formula is C16H15F3N2O3S. The Morgan fingerprint density at radius 1 is 1.08 bits per heavy atom. The normalized spacial score (nSPS) is 11.9. The zero-order valence-corrected chi connectivity index (χ0v) is 14.1. The molecule has 5 nitrogen and oxygen atoms in total. The van der Waals surface area contributed by atoms with Gasteiger partial charge in [-0.3, -0.25) is 9.52 Å². The quantitative estimate of drug-likeness (QED) is 0.893. The first-order valence-electron chi connectivity index (χ1n) is 7.05. The van der Waals surface area contributed by atoms with E-state index in [1.165, 1.54) is 36.1 Å². The number of benzene rings is 2. The Labute approximate surface area is 143 Å². The molecule has 0 unspecified atom stereocenters. The largest absolute Gasteiger partial charge is 0.416 e. The molecule has 0 radical (unpaired) electrons. The molecule has 0 spiro atoms. The lowest BCUT2D eigenvalue weighted by atomic mass is 10.2. The molecule has 134 valence electrons. The zero-order chi connectivity index (χ0) is 18.8. The maximum Gasteiger partial charge on any atom is 0.416 e. The van der Waals surface area contributed by atoms with E-state index in [0.717, 1.165) is 18.2 Å². The van der Waals surface area contributed by atoms with Crippen LogP contribution in [0.1, 0.15) is 12.5 Å². The van der Waals surface area contributed by atoms with Gasteiger partial charge in [-0.1, -0.05) is 6.07 Å². The highest BCUT2D eigenvalue weighted by Gasteiger charge is 2.31. The summed E-state index contributed by atoms with van der Waals surface area (Å²) < 4.78 is 64.9. The van der Waals surface area contributed by atoms with Crippen LogP contribution in [0.5, 0.6) is 0 Å². The van der Waals surface area contributed by atoms with E-state index in [9.17, 15) is 26.4 Å². The van der Waals surface area contributed by atoms with Crippen molar-refractivity contribution in [3.63, 3.8) is 0 Å². The van der Waals surface area contributed by atoms with Gasteiger partial charge in [-0.15, -0.1) is 0 Å². The van der Waals surface area contributed by atoms with Crippen LogP contribution in [0.4, 0.5) is 24.5 Å². The highest BCUT2D eigenvalue weighted by Crippen LogP contribution is 2.31. The van der Waals surface area contributed by atoms with Crippen LogP contribution in [0, 0.1) is 0 Å². The van der Waals surface area contributed by atoms with Crippen molar-refractivity contribution in [1.29, 1.82) is 0 Å². The van der Waals surface area contributed by atoms with E-state index in [1.807, 2.05) is 0 Å². The molecule has 0 fully saturated rings. The summed E-state index contributed by atoms with van der Waals surface area (Å²) in [6, 6.07) is 9.35. The van der Waals surface area contributed by atoms with Gasteiger partial charge in [0.05, 0.1) is 10.5 Å². The van der Waals surface area contributed by atoms with Gasteiger partial charge >= 0.3 is 6.18 Å². The second-order valence-electron chi connectivity index (χ2n) is 5.26. The number of rotatable bonds is 4. The van der Waals surface area contributed by atoms with Gasteiger partial charge in [0.15, 0.2) is 0 Å². The zero-order valence-electron chi connectivity index (χ0n) is 13.3. The first-order chi connectivity index (χ1) is 11.5. The molecule has 0 aliphatic carbocycles. The molecule has 0 bridgehead atoms. The average Bonchev–Trinajstić information content (AvgIpc) is 2.54. The molecule has 2 aromatic carbocycles. The topological polar surface area (TPSA) is 66.5 Å². The Morgan fingerprint density at radius 3 is 2.20 bits per heavy atom. The summed E-state index contributed by atoms with van der Waals surface area (Å²) >= 11 is 0. The number of halogens is 3. The highest BCUT2D eigenvalue weighted by atomic mass is 32.2. The summed E-state index contributed by atoms with van der Waals surface area (Å²) in [6.45, 7) is 1.38. The second kappa shape index (κ2) is 6.75. The van der Waals surface area contributed by atoms with E-state index < -0.39 is 26.7 Å². The molecule has 0 atom stereocenters.